The molecule has 0 aromatic heterocycles. The maximum atomic E-state index is 10.3. The van der Waals surface area contributed by atoms with E-state index >= 15 is 0 Å². The normalized spacial score (nSPS) is 18.9. The molecular formula is C7H15NO3. The minimum atomic E-state index is -1.06. The van der Waals surface area contributed by atoms with Crippen LogP contribution >= 0.6 is 0 Å². The SMILES string of the molecule is CC[C@H](O)[C@@H](C)[C@H](N)C(=O)O. The number of rotatable bonds is 4. The van der Waals surface area contributed by atoms with Gasteiger partial charge in [0.1, 0.15) is 6.04 Å². The van der Waals surface area contributed by atoms with Crippen LogP contribution in [-0.2, 0) is 4.79 Å². The summed E-state index contributed by atoms with van der Waals surface area (Å²) >= 11 is 0. The van der Waals surface area contributed by atoms with E-state index in [1.54, 1.807) is 13.8 Å². The van der Waals surface area contributed by atoms with Crippen LogP contribution in [0.15, 0.2) is 0 Å². The van der Waals surface area contributed by atoms with Gasteiger partial charge in [0, 0.05) is 5.92 Å². The maximum absolute atomic E-state index is 10.3. The van der Waals surface area contributed by atoms with Crippen molar-refractivity contribution in [3.63, 3.8) is 0 Å². The minimum absolute atomic E-state index is 0.391. The maximum Gasteiger partial charge on any atom is 0.320 e. The Hall–Kier alpha value is -0.610. The molecule has 3 atom stereocenters. The molecule has 0 aliphatic rings. The van der Waals surface area contributed by atoms with Crippen molar-refractivity contribution in [2.75, 3.05) is 0 Å². The lowest BCUT2D eigenvalue weighted by molar-refractivity contribution is -0.140. The smallest absolute Gasteiger partial charge is 0.320 e. The highest BCUT2D eigenvalue weighted by Gasteiger charge is 2.24. The lowest BCUT2D eigenvalue weighted by atomic mass is 9.95. The average molecular weight is 161 g/mol. The van der Waals surface area contributed by atoms with Gasteiger partial charge in [0.05, 0.1) is 6.10 Å². The largest absolute Gasteiger partial charge is 0.480 e. The van der Waals surface area contributed by atoms with E-state index in [0.29, 0.717) is 6.42 Å². The second-order valence-electron chi connectivity index (χ2n) is 2.70. The van der Waals surface area contributed by atoms with Crippen LogP contribution in [0.4, 0.5) is 0 Å². The third kappa shape index (κ3) is 2.86. The molecule has 4 nitrogen and oxygen atoms in total. The van der Waals surface area contributed by atoms with Crippen LogP contribution < -0.4 is 5.73 Å². The number of hydrogen-bond donors (Lipinski definition) is 3. The van der Waals surface area contributed by atoms with E-state index < -0.39 is 24.0 Å². The molecule has 0 bridgehead atoms. The summed E-state index contributed by atoms with van der Waals surface area (Å²) in [7, 11) is 0. The zero-order valence-corrected chi connectivity index (χ0v) is 6.82. The van der Waals surface area contributed by atoms with Crippen LogP contribution in [0.5, 0.6) is 0 Å². The molecule has 4 heteroatoms. The second kappa shape index (κ2) is 4.31. The average Bonchev–Trinajstić information content (AvgIpc) is 2.00. The number of carboxylic acids is 1. The van der Waals surface area contributed by atoms with Gasteiger partial charge in [-0.15, -0.1) is 0 Å². The molecule has 0 saturated heterocycles. The van der Waals surface area contributed by atoms with Gasteiger partial charge in [-0.1, -0.05) is 13.8 Å². The third-order valence-electron chi connectivity index (χ3n) is 1.88. The number of carbonyl (C=O) groups is 1. The topological polar surface area (TPSA) is 83.5 Å². The quantitative estimate of drug-likeness (QED) is 0.533. The highest BCUT2D eigenvalue weighted by molar-refractivity contribution is 5.73. The summed E-state index contributed by atoms with van der Waals surface area (Å²) < 4.78 is 0. The van der Waals surface area contributed by atoms with Crippen molar-refractivity contribution in [2.45, 2.75) is 32.4 Å². The fourth-order valence-electron chi connectivity index (χ4n) is 0.836. The summed E-state index contributed by atoms with van der Waals surface area (Å²) in [6, 6.07) is -0.968. The Balaban J connectivity index is 4.00. The Bertz CT molecular complexity index is 138. The molecule has 0 unspecified atom stereocenters. The molecule has 0 heterocycles. The summed E-state index contributed by atoms with van der Waals surface area (Å²) in [5, 5.41) is 17.7. The summed E-state index contributed by atoms with van der Waals surface area (Å²) in [6.07, 6.45) is -0.0941. The number of nitrogens with two attached hydrogens (primary N) is 1. The predicted octanol–water partition coefficient (Wildman–Crippen LogP) is -0.195. The fourth-order valence-corrected chi connectivity index (χ4v) is 0.836. The molecule has 66 valence electrons. The molecule has 11 heavy (non-hydrogen) atoms. The van der Waals surface area contributed by atoms with Gasteiger partial charge in [0.2, 0.25) is 0 Å². The summed E-state index contributed by atoms with van der Waals surface area (Å²) in [4.78, 5) is 10.3. The third-order valence-corrected chi connectivity index (χ3v) is 1.88. The van der Waals surface area contributed by atoms with Crippen LogP contribution in [-0.4, -0.2) is 28.3 Å². The molecule has 0 amide bonds. The summed E-state index contributed by atoms with van der Waals surface area (Å²) in [5.41, 5.74) is 5.28. The van der Waals surface area contributed by atoms with Gasteiger partial charge >= 0.3 is 5.97 Å². The first-order valence-corrected chi connectivity index (χ1v) is 3.67. The van der Waals surface area contributed by atoms with Crippen LogP contribution in [0.2, 0.25) is 0 Å². The molecule has 0 radical (unpaired) electrons. The van der Waals surface area contributed by atoms with Crippen LogP contribution in [0.3, 0.4) is 0 Å². The van der Waals surface area contributed by atoms with Gasteiger partial charge in [-0.05, 0) is 6.42 Å². The Morgan fingerprint density at radius 1 is 1.64 bits per heavy atom. The van der Waals surface area contributed by atoms with Gasteiger partial charge < -0.3 is 15.9 Å². The molecule has 0 rings (SSSR count). The van der Waals surface area contributed by atoms with Crippen molar-refractivity contribution in [3.8, 4) is 0 Å². The number of aliphatic carboxylic acids is 1. The Morgan fingerprint density at radius 2 is 2.09 bits per heavy atom. The summed E-state index contributed by atoms with van der Waals surface area (Å²) in [5.74, 6) is -1.46. The highest BCUT2D eigenvalue weighted by Crippen LogP contribution is 2.09. The molecule has 0 aromatic rings. The number of aliphatic hydroxyl groups is 1. The monoisotopic (exact) mass is 161 g/mol. The fraction of sp³-hybridized carbons (Fsp3) is 0.857. The van der Waals surface area contributed by atoms with Gasteiger partial charge in [-0.2, -0.15) is 0 Å². The van der Waals surface area contributed by atoms with Crippen LogP contribution in [0, 0.1) is 5.92 Å². The zero-order chi connectivity index (χ0) is 9.02. The Labute approximate surface area is 66.0 Å². The van der Waals surface area contributed by atoms with Crippen molar-refractivity contribution in [1.29, 1.82) is 0 Å². The molecule has 4 N–H and O–H groups in total. The minimum Gasteiger partial charge on any atom is -0.480 e. The molecular weight excluding hydrogens is 146 g/mol. The van der Waals surface area contributed by atoms with Crippen LogP contribution in [0.1, 0.15) is 20.3 Å². The number of carboxylic acid groups (broad SMARTS) is 1. The van der Waals surface area contributed by atoms with Crippen molar-refractivity contribution in [3.05, 3.63) is 0 Å². The van der Waals surface area contributed by atoms with Gasteiger partial charge in [0.15, 0.2) is 0 Å². The van der Waals surface area contributed by atoms with Crippen molar-refractivity contribution in [1.82, 2.24) is 0 Å². The molecule has 0 spiro atoms. The first kappa shape index (κ1) is 10.4. The predicted molar refractivity (Wildman–Crippen MR) is 41.1 cm³/mol. The van der Waals surface area contributed by atoms with Gasteiger partial charge in [-0.3, -0.25) is 4.79 Å². The van der Waals surface area contributed by atoms with Crippen molar-refractivity contribution in [2.24, 2.45) is 11.7 Å². The van der Waals surface area contributed by atoms with Gasteiger partial charge in [0.25, 0.3) is 0 Å². The van der Waals surface area contributed by atoms with E-state index in [-0.39, 0.29) is 0 Å². The second-order valence-corrected chi connectivity index (χ2v) is 2.70. The van der Waals surface area contributed by atoms with Crippen molar-refractivity contribution >= 4 is 5.97 Å². The van der Waals surface area contributed by atoms with E-state index in [2.05, 4.69) is 0 Å². The highest BCUT2D eigenvalue weighted by atomic mass is 16.4. The van der Waals surface area contributed by atoms with Gasteiger partial charge in [-0.25, -0.2) is 0 Å². The molecule has 0 fully saturated rings. The molecule has 0 aromatic carbocycles. The van der Waals surface area contributed by atoms with Crippen LogP contribution in [0.25, 0.3) is 0 Å². The molecule has 0 aliphatic heterocycles. The zero-order valence-electron chi connectivity index (χ0n) is 6.82. The Morgan fingerprint density at radius 3 is 2.36 bits per heavy atom. The van der Waals surface area contributed by atoms with E-state index in [9.17, 15) is 9.90 Å². The lowest BCUT2D eigenvalue weighted by Crippen LogP contribution is -2.41. The molecule has 0 saturated carbocycles. The first-order valence-electron chi connectivity index (χ1n) is 3.67. The number of aliphatic hydroxyl groups excluding tert-OH is 1. The van der Waals surface area contributed by atoms with E-state index in [1.165, 1.54) is 0 Å². The summed E-state index contributed by atoms with van der Waals surface area (Å²) in [6.45, 7) is 3.42. The standard InChI is InChI=1S/C7H15NO3/c1-3-5(9)4(2)6(8)7(10)11/h4-6,9H,3,8H2,1-2H3,(H,10,11)/t4-,5+,6+/m1/s1. The van der Waals surface area contributed by atoms with E-state index in [0.717, 1.165) is 0 Å². The lowest BCUT2D eigenvalue weighted by Gasteiger charge is -2.20. The Kier molecular flexibility index (Phi) is 4.07. The van der Waals surface area contributed by atoms with E-state index in [1.807, 2.05) is 0 Å². The van der Waals surface area contributed by atoms with Crippen molar-refractivity contribution < 1.29 is 15.0 Å². The first-order chi connectivity index (χ1) is 5.00. The number of hydrogen-bond acceptors (Lipinski definition) is 3. The molecule has 0 aliphatic carbocycles. The van der Waals surface area contributed by atoms with E-state index in [4.69, 9.17) is 10.8 Å².